The molecule has 0 bridgehead atoms. The van der Waals surface area contributed by atoms with E-state index >= 15 is 0 Å². The lowest BCUT2D eigenvalue weighted by atomic mass is 10.0. The standard InChI is InChI=1S/C12H18N2O2/c1-13-7-4-6-11(13)10-5-3-8-14(9-10)12(15)16-2/h3,8-9,11H,4-7H2,1-2H3. The number of allylic oxidation sites excluding steroid dienone is 1. The molecule has 1 saturated heterocycles. The first-order chi connectivity index (χ1) is 7.72. The van der Waals surface area contributed by atoms with Gasteiger partial charge in [-0.25, -0.2) is 4.79 Å². The molecule has 0 saturated carbocycles. The minimum Gasteiger partial charge on any atom is -0.452 e. The van der Waals surface area contributed by atoms with Gasteiger partial charge in [0.2, 0.25) is 0 Å². The van der Waals surface area contributed by atoms with Crippen LogP contribution < -0.4 is 0 Å². The Bertz CT molecular complexity index is 336. The van der Waals surface area contributed by atoms with Crippen LogP contribution in [0.3, 0.4) is 0 Å². The van der Waals surface area contributed by atoms with Gasteiger partial charge in [-0.3, -0.25) is 9.80 Å². The summed E-state index contributed by atoms with van der Waals surface area (Å²) in [6, 6.07) is 0.483. The van der Waals surface area contributed by atoms with Crippen molar-refractivity contribution in [2.75, 3.05) is 20.7 Å². The molecule has 4 nitrogen and oxygen atoms in total. The van der Waals surface area contributed by atoms with Crippen molar-refractivity contribution in [3.05, 3.63) is 24.0 Å². The maximum absolute atomic E-state index is 11.4. The Labute approximate surface area is 96.2 Å². The summed E-state index contributed by atoms with van der Waals surface area (Å²) in [6.45, 7) is 1.14. The van der Waals surface area contributed by atoms with Gasteiger partial charge in [-0.2, -0.15) is 0 Å². The number of methoxy groups -OCH3 is 1. The van der Waals surface area contributed by atoms with Crippen LogP contribution in [0.1, 0.15) is 19.3 Å². The molecule has 0 aliphatic carbocycles. The largest absolute Gasteiger partial charge is 0.452 e. The summed E-state index contributed by atoms with van der Waals surface area (Å²) in [6.07, 6.45) is 8.73. The topological polar surface area (TPSA) is 32.8 Å². The van der Waals surface area contributed by atoms with E-state index in [1.165, 1.54) is 30.4 Å². The number of likely N-dealkylation sites (tertiary alicyclic amines) is 1. The van der Waals surface area contributed by atoms with Crippen LogP contribution in [0.25, 0.3) is 0 Å². The molecule has 0 aromatic heterocycles. The second-order valence-electron chi connectivity index (χ2n) is 4.31. The van der Waals surface area contributed by atoms with Gasteiger partial charge in [0, 0.05) is 18.4 Å². The van der Waals surface area contributed by atoms with Gasteiger partial charge in [0.15, 0.2) is 0 Å². The predicted octanol–water partition coefficient (Wildman–Crippen LogP) is 1.95. The van der Waals surface area contributed by atoms with Gasteiger partial charge >= 0.3 is 6.09 Å². The molecule has 2 aliphatic heterocycles. The summed E-state index contributed by atoms with van der Waals surface area (Å²) in [5.41, 5.74) is 1.30. The summed E-state index contributed by atoms with van der Waals surface area (Å²) in [5.74, 6) is 0. The van der Waals surface area contributed by atoms with Gasteiger partial charge < -0.3 is 4.74 Å². The fourth-order valence-corrected chi connectivity index (χ4v) is 2.40. The number of amides is 1. The average molecular weight is 222 g/mol. The molecule has 88 valence electrons. The maximum Gasteiger partial charge on any atom is 0.417 e. The van der Waals surface area contributed by atoms with Gasteiger partial charge in [-0.15, -0.1) is 0 Å². The van der Waals surface area contributed by atoms with Crippen LogP contribution in [0.5, 0.6) is 0 Å². The minimum atomic E-state index is -0.325. The molecule has 1 atom stereocenters. The number of carbonyl (C=O) groups is 1. The van der Waals surface area contributed by atoms with Crippen LogP contribution in [0, 0.1) is 0 Å². The van der Waals surface area contributed by atoms with E-state index in [9.17, 15) is 4.79 Å². The van der Waals surface area contributed by atoms with Crippen LogP contribution in [0.4, 0.5) is 4.79 Å². The molecule has 0 spiro atoms. The zero-order valence-corrected chi connectivity index (χ0v) is 9.85. The lowest BCUT2D eigenvalue weighted by molar-refractivity contribution is 0.150. The zero-order valence-electron chi connectivity index (χ0n) is 9.85. The number of hydrogen-bond acceptors (Lipinski definition) is 3. The number of carbonyl (C=O) groups excluding carboxylic acids is 1. The third kappa shape index (κ3) is 2.11. The fraction of sp³-hybridized carbons (Fsp3) is 0.583. The second kappa shape index (κ2) is 4.70. The number of ether oxygens (including phenoxy) is 1. The van der Waals surface area contributed by atoms with E-state index in [0.717, 1.165) is 13.0 Å². The zero-order chi connectivity index (χ0) is 11.5. The van der Waals surface area contributed by atoms with Crippen LogP contribution in [0.15, 0.2) is 24.0 Å². The third-order valence-electron chi connectivity index (χ3n) is 3.26. The Kier molecular flexibility index (Phi) is 3.29. The Morgan fingerprint density at radius 1 is 1.56 bits per heavy atom. The van der Waals surface area contributed by atoms with E-state index in [1.54, 1.807) is 6.20 Å². The summed E-state index contributed by atoms with van der Waals surface area (Å²) in [7, 11) is 3.54. The molecule has 0 radical (unpaired) electrons. The molecular formula is C12H18N2O2. The van der Waals surface area contributed by atoms with Crippen molar-refractivity contribution in [1.82, 2.24) is 9.80 Å². The highest BCUT2D eigenvalue weighted by Gasteiger charge is 2.26. The molecule has 1 fully saturated rings. The molecule has 2 rings (SSSR count). The fourth-order valence-electron chi connectivity index (χ4n) is 2.40. The molecule has 1 amide bonds. The first-order valence-corrected chi connectivity index (χ1v) is 5.66. The van der Waals surface area contributed by atoms with Crippen molar-refractivity contribution in [2.24, 2.45) is 0 Å². The monoisotopic (exact) mass is 222 g/mol. The van der Waals surface area contributed by atoms with Crippen LogP contribution in [-0.4, -0.2) is 42.6 Å². The first kappa shape index (κ1) is 11.2. The van der Waals surface area contributed by atoms with Crippen molar-refractivity contribution in [3.63, 3.8) is 0 Å². The number of rotatable bonds is 1. The third-order valence-corrected chi connectivity index (χ3v) is 3.26. The van der Waals surface area contributed by atoms with Gasteiger partial charge in [0.1, 0.15) is 0 Å². The van der Waals surface area contributed by atoms with E-state index in [-0.39, 0.29) is 6.09 Å². The quantitative estimate of drug-likeness (QED) is 0.680. The molecular weight excluding hydrogens is 204 g/mol. The Morgan fingerprint density at radius 3 is 3.00 bits per heavy atom. The van der Waals surface area contributed by atoms with Crippen LogP contribution >= 0.6 is 0 Å². The van der Waals surface area contributed by atoms with Crippen molar-refractivity contribution < 1.29 is 9.53 Å². The predicted molar refractivity (Wildman–Crippen MR) is 61.7 cm³/mol. The van der Waals surface area contributed by atoms with Crippen molar-refractivity contribution >= 4 is 6.09 Å². The highest BCUT2D eigenvalue weighted by molar-refractivity contribution is 5.70. The molecule has 1 unspecified atom stereocenters. The smallest absolute Gasteiger partial charge is 0.417 e. The average Bonchev–Trinajstić information content (AvgIpc) is 2.74. The normalized spacial score (nSPS) is 25.8. The Morgan fingerprint density at radius 2 is 2.38 bits per heavy atom. The van der Waals surface area contributed by atoms with E-state index in [0.29, 0.717) is 6.04 Å². The van der Waals surface area contributed by atoms with E-state index in [2.05, 4.69) is 11.9 Å². The minimum absolute atomic E-state index is 0.325. The van der Waals surface area contributed by atoms with Gasteiger partial charge in [0.25, 0.3) is 0 Å². The number of hydrogen-bond donors (Lipinski definition) is 0. The van der Waals surface area contributed by atoms with E-state index < -0.39 is 0 Å². The summed E-state index contributed by atoms with van der Waals surface area (Å²) >= 11 is 0. The lowest BCUT2D eigenvalue weighted by Gasteiger charge is -2.26. The second-order valence-corrected chi connectivity index (χ2v) is 4.31. The highest BCUT2D eigenvalue weighted by Crippen LogP contribution is 2.26. The van der Waals surface area contributed by atoms with E-state index in [4.69, 9.17) is 4.74 Å². The van der Waals surface area contributed by atoms with Gasteiger partial charge in [0.05, 0.1) is 7.11 Å². The SMILES string of the molecule is COC(=O)N1C=CCC(C2CCCN2C)=C1. The number of likely N-dealkylation sites (N-methyl/N-ethyl adjacent to an activating group) is 1. The number of nitrogens with zero attached hydrogens (tertiary/aromatic N) is 2. The molecule has 0 N–H and O–H groups in total. The van der Waals surface area contributed by atoms with Crippen molar-refractivity contribution in [1.29, 1.82) is 0 Å². The maximum atomic E-state index is 11.4. The molecule has 2 aliphatic rings. The Hall–Kier alpha value is -1.29. The molecule has 16 heavy (non-hydrogen) atoms. The molecule has 0 aromatic rings. The first-order valence-electron chi connectivity index (χ1n) is 5.66. The summed E-state index contributed by atoms with van der Waals surface area (Å²) in [5, 5.41) is 0. The molecule has 4 heteroatoms. The Balaban J connectivity index is 2.10. The van der Waals surface area contributed by atoms with Crippen molar-refractivity contribution in [3.8, 4) is 0 Å². The van der Waals surface area contributed by atoms with Gasteiger partial charge in [-0.1, -0.05) is 6.08 Å². The van der Waals surface area contributed by atoms with Crippen LogP contribution in [-0.2, 0) is 4.74 Å². The van der Waals surface area contributed by atoms with Crippen LogP contribution in [0.2, 0.25) is 0 Å². The molecule has 2 heterocycles. The summed E-state index contributed by atoms with van der Waals surface area (Å²) < 4.78 is 4.71. The lowest BCUT2D eigenvalue weighted by Crippen LogP contribution is -2.30. The highest BCUT2D eigenvalue weighted by atomic mass is 16.5. The van der Waals surface area contributed by atoms with Gasteiger partial charge in [-0.05, 0) is 38.4 Å². The van der Waals surface area contributed by atoms with Crippen molar-refractivity contribution in [2.45, 2.75) is 25.3 Å². The van der Waals surface area contributed by atoms with E-state index in [1.807, 2.05) is 12.3 Å². The summed E-state index contributed by atoms with van der Waals surface area (Å²) in [4.78, 5) is 15.3. The molecule has 0 aromatic carbocycles.